The average molecular weight is 183 g/mol. The van der Waals surface area contributed by atoms with Gasteiger partial charge in [0.1, 0.15) is 8.07 Å². The van der Waals surface area contributed by atoms with E-state index in [-0.39, 0.29) is 6.04 Å². The molecule has 0 amide bonds. The quantitative estimate of drug-likeness (QED) is 0.516. The normalized spacial score (nSPS) is 13.9. The predicted molar refractivity (Wildman–Crippen MR) is 58.6 cm³/mol. The van der Waals surface area contributed by atoms with Crippen molar-refractivity contribution < 1.29 is 0 Å². The molecule has 1 atom stereocenters. The van der Waals surface area contributed by atoms with Gasteiger partial charge in [-0.3, -0.25) is 0 Å². The van der Waals surface area contributed by atoms with Crippen molar-refractivity contribution >= 4 is 8.07 Å². The first kappa shape index (κ1) is 11.7. The molecule has 0 aliphatic rings. The van der Waals surface area contributed by atoms with Crippen LogP contribution in [0, 0.1) is 17.4 Å². The van der Waals surface area contributed by atoms with Crippen molar-refractivity contribution in [1.82, 2.24) is 0 Å². The van der Waals surface area contributed by atoms with Gasteiger partial charge in [-0.05, 0) is 5.92 Å². The van der Waals surface area contributed by atoms with Crippen molar-refractivity contribution in [3.8, 4) is 11.5 Å². The first-order valence-corrected chi connectivity index (χ1v) is 8.08. The highest BCUT2D eigenvalue weighted by atomic mass is 28.3. The van der Waals surface area contributed by atoms with Gasteiger partial charge < -0.3 is 5.73 Å². The number of rotatable bonds is 2. The molecule has 0 radical (unpaired) electrons. The molecular formula is C10H21NSi. The molecule has 2 heteroatoms. The third-order valence-electron chi connectivity index (χ3n) is 1.66. The first-order valence-electron chi connectivity index (χ1n) is 4.58. The zero-order chi connectivity index (χ0) is 9.78. The van der Waals surface area contributed by atoms with Crippen molar-refractivity contribution in [2.75, 3.05) is 0 Å². The van der Waals surface area contributed by atoms with Crippen LogP contribution in [0.5, 0.6) is 0 Å². The Bertz CT molecular complexity index is 180. The van der Waals surface area contributed by atoms with Crippen LogP contribution < -0.4 is 5.73 Å². The van der Waals surface area contributed by atoms with Gasteiger partial charge in [0.05, 0.1) is 0 Å². The second-order valence-corrected chi connectivity index (χ2v) is 9.41. The van der Waals surface area contributed by atoms with E-state index in [9.17, 15) is 0 Å². The Morgan fingerprint density at radius 1 is 1.25 bits per heavy atom. The zero-order valence-electron chi connectivity index (χ0n) is 8.94. The minimum Gasteiger partial charge on any atom is -0.327 e. The van der Waals surface area contributed by atoms with Gasteiger partial charge in [0, 0.05) is 12.5 Å². The highest BCUT2D eigenvalue weighted by Crippen LogP contribution is 2.02. The molecule has 1 nitrogen and oxygen atoms in total. The smallest absolute Gasteiger partial charge is 0.129 e. The van der Waals surface area contributed by atoms with Crippen molar-refractivity contribution in [1.29, 1.82) is 0 Å². The van der Waals surface area contributed by atoms with Gasteiger partial charge in [0.15, 0.2) is 0 Å². The molecule has 0 aromatic rings. The van der Waals surface area contributed by atoms with Gasteiger partial charge >= 0.3 is 0 Å². The van der Waals surface area contributed by atoms with Crippen molar-refractivity contribution in [2.45, 2.75) is 46.0 Å². The number of hydrogen-bond donors (Lipinski definition) is 1. The van der Waals surface area contributed by atoms with E-state index >= 15 is 0 Å². The summed E-state index contributed by atoms with van der Waals surface area (Å²) in [6, 6.07) is 0.244. The van der Waals surface area contributed by atoms with Crippen molar-refractivity contribution in [3.05, 3.63) is 0 Å². The fraction of sp³-hybridized carbons (Fsp3) is 0.800. The maximum atomic E-state index is 5.86. The summed E-state index contributed by atoms with van der Waals surface area (Å²) >= 11 is 0. The molecule has 70 valence electrons. The van der Waals surface area contributed by atoms with E-state index in [4.69, 9.17) is 5.73 Å². The van der Waals surface area contributed by atoms with Crippen molar-refractivity contribution in [3.63, 3.8) is 0 Å². The summed E-state index contributed by atoms with van der Waals surface area (Å²) in [5.41, 5.74) is 9.18. The maximum Gasteiger partial charge on any atom is 0.129 e. The second-order valence-electron chi connectivity index (χ2n) is 4.66. The van der Waals surface area contributed by atoms with Crippen LogP contribution >= 0.6 is 0 Å². The Morgan fingerprint density at radius 2 is 1.75 bits per heavy atom. The van der Waals surface area contributed by atoms with Gasteiger partial charge in [-0.15, -0.1) is 11.5 Å². The monoisotopic (exact) mass is 183 g/mol. The molecule has 0 aliphatic heterocycles. The van der Waals surface area contributed by atoms with E-state index < -0.39 is 8.07 Å². The topological polar surface area (TPSA) is 26.0 Å². The Kier molecular flexibility index (Phi) is 4.58. The van der Waals surface area contributed by atoms with E-state index in [1.165, 1.54) is 0 Å². The minimum absolute atomic E-state index is 0.244. The van der Waals surface area contributed by atoms with Crippen LogP contribution in [0.2, 0.25) is 19.6 Å². The summed E-state index contributed by atoms with van der Waals surface area (Å²) in [6.45, 7) is 11.0. The molecule has 0 fully saturated rings. The van der Waals surface area contributed by atoms with E-state index in [1.54, 1.807) is 0 Å². The van der Waals surface area contributed by atoms with Crippen LogP contribution in [-0.2, 0) is 0 Å². The van der Waals surface area contributed by atoms with Crippen LogP contribution in [0.4, 0.5) is 0 Å². The second kappa shape index (κ2) is 4.69. The Labute approximate surface area is 77.7 Å². The summed E-state index contributed by atoms with van der Waals surface area (Å²) in [4.78, 5) is 0. The molecule has 0 saturated heterocycles. The van der Waals surface area contributed by atoms with Crippen LogP contribution in [0.25, 0.3) is 0 Å². The molecule has 0 unspecified atom stereocenters. The van der Waals surface area contributed by atoms with E-state index in [2.05, 4.69) is 45.0 Å². The van der Waals surface area contributed by atoms with Crippen LogP contribution in [0.15, 0.2) is 0 Å². The lowest BCUT2D eigenvalue weighted by Gasteiger charge is -2.11. The Morgan fingerprint density at radius 3 is 2.08 bits per heavy atom. The van der Waals surface area contributed by atoms with Crippen LogP contribution in [0.1, 0.15) is 20.3 Å². The van der Waals surface area contributed by atoms with E-state index in [1.807, 2.05) is 0 Å². The Balaban J connectivity index is 3.87. The lowest BCUT2D eigenvalue weighted by Crippen LogP contribution is -2.26. The summed E-state index contributed by atoms with van der Waals surface area (Å²) in [5, 5.41) is 0. The predicted octanol–water partition coefficient (Wildman–Crippen LogP) is 2.24. The van der Waals surface area contributed by atoms with Gasteiger partial charge in [-0.25, -0.2) is 0 Å². The molecular weight excluding hydrogens is 162 g/mol. The lowest BCUT2D eigenvalue weighted by molar-refractivity contribution is 0.502. The third-order valence-corrected chi connectivity index (χ3v) is 2.58. The minimum atomic E-state index is -1.18. The highest BCUT2D eigenvalue weighted by molar-refractivity contribution is 6.83. The molecule has 0 spiro atoms. The van der Waals surface area contributed by atoms with E-state index in [0.29, 0.717) is 5.92 Å². The van der Waals surface area contributed by atoms with Gasteiger partial charge in [0.25, 0.3) is 0 Å². The van der Waals surface area contributed by atoms with Gasteiger partial charge in [0.2, 0.25) is 0 Å². The number of hydrogen-bond acceptors (Lipinski definition) is 1. The summed E-state index contributed by atoms with van der Waals surface area (Å²) in [6.07, 6.45) is 0.849. The van der Waals surface area contributed by atoms with Crippen LogP contribution in [0.3, 0.4) is 0 Å². The highest BCUT2D eigenvalue weighted by Gasteiger charge is 2.08. The molecule has 2 N–H and O–H groups in total. The van der Waals surface area contributed by atoms with Gasteiger partial charge in [-0.2, -0.15) is 0 Å². The van der Waals surface area contributed by atoms with E-state index in [0.717, 1.165) is 6.42 Å². The molecule has 0 bridgehead atoms. The molecule has 0 heterocycles. The Hall–Kier alpha value is -0.263. The standard InChI is InChI=1S/C10H21NSi/c1-9(2)10(11)7-6-8-12(3,4)5/h9-10H,7,11H2,1-5H3/t10-/m0/s1. The molecule has 0 rings (SSSR count). The number of nitrogens with two attached hydrogens (primary N) is 1. The average Bonchev–Trinajstić information content (AvgIpc) is 1.84. The molecule has 0 aromatic heterocycles. The maximum absolute atomic E-state index is 5.86. The molecule has 0 aromatic carbocycles. The molecule has 12 heavy (non-hydrogen) atoms. The van der Waals surface area contributed by atoms with Crippen LogP contribution in [-0.4, -0.2) is 14.1 Å². The van der Waals surface area contributed by atoms with Crippen molar-refractivity contribution in [2.24, 2.45) is 11.7 Å². The molecule has 0 aliphatic carbocycles. The largest absolute Gasteiger partial charge is 0.327 e. The summed E-state index contributed by atoms with van der Waals surface area (Å²) in [5.74, 6) is 3.74. The molecule has 0 saturated carbocycles. The first-order chi connectivity index (χ1) is 5.33. The fourth-order valence-electron chi connectivity index (χ4n) is 0.670. The summed E-state index contributed by atoms with van der Waals surface area (Å²) in [7, 11) is -1.18. The summed E-state index contributed by atoms with van der Waals surface area (Å²) < 4.78 is 0. The lowest BCUT2D eigenvalue weighted by atomic mass is 10.0. The SMILES string of the molecule is CC(C)[C@@H](N)CC#C[Si](C)(C)C. The fourth-order valence-corrected chi connectivity index (χ4v) is 1.30. The van der Waals surface area contributed by atoms with Gasteiger partial charge in [-0.1, -0.05) is 33.5 Å². The zero-order valence-corrected chi connectivity index (χ0v) is 9.94. The third kappa shape index (κ3) is 6.45.